The van der Waals surface area contributed by atoms with E-state index in [-0.39, 0.29) is 11.6 Å². The second kappa shape index (κ2) is 2.61. The average molecular weight is 183 g/mol. The molecule has 0 aromatic heterocycles. The molecule has 0 aromatic carbocycles. The van der Waals surface area contributed by atoms with Gasteiger partial charge in [-0.3, -0.25) is 0 Å². The molecule has 2 atom stereocenters. The van der Waals surface area contributed by atoms with Crippen molar-refractivity contribution in [2.75, 3.05) is 27.2 Å². The summed E-state index contributed by atoms with van der Waals surface area (Å²) in [4.78, 5) is 15.4. The van der Waals surface area contributed by atoms with Crippen LogP contribution in [0.25, 0.3) is 0 Å². The van der Waals surface area contributed by atoms with Gasteiger partial charge >= 0.3 is 6.03 Å². The lowest BCUT2D eigenvalue weighted by molar-refractivity contribution is 0.144. The highest BCUT2D eigenvalue weighted by Crippen LogP contribution is 2.33. The summed E-state index contributed by atoms with van der Waals surface area (Å²) in [6, 6.07) is 0.530. The molecule has 4 heteroatoms. The second-order valence-electron chi connectivity index (χ2n) is 4.29. The van der Waals surface area contributed by atoms with Crippen molar-refractivity contribution >= 4 is 6.03 Å². The quantitative estimate of drug-likeness (QED) is 0.578. The van der Waals surface area contributed by atoms with E-state index in [0.29, 0.717) is 6.04 Å². The molecule has 2 aliphatic heterocycles. The van der Waals surface area contributed by atoms with Crippen molar-refractivity contribution in [3.63, 3.8) is 0 Å². The standard InChI is InChI=1S/C9H17N3O/c1-9-6-10-5-4-7(9)11(2)8(13)12(9)3/h7,10H,4-6H2,1-3H3. The Kier molecular flexibility index (Phi) is 1.77. The number of carbonyl (C=O) groups is 1. The number of nitrogens with one attached hydrogen (secondary N) is 1. The maximum absolute atomic E-state index is 11.7. The fourth-order valence-corrected chi connectivity index (χ4v) is 2.55. The van der Waals surface area contributed by atoms with E-state index in [0.717, 1.165) is 19.5 Å². The molecule has 2 saturated heterocycles. The maximum Gasteiger partial charge on any atom is 0.320 e. The number of urea groups is 1. The number of piperidine rings is 1. The minimum Gasteiger partial charge on any atom is -0.322 e. The summed E-state index contributed by atoms with van der Waals surface area (Å²) in [5, 5.41) is 3.35. The molecule has 4 nitrogen and oxygen atoms in total. The lowest BCUT2D eigenvalue weighted by Gasteiger charge is -2.40. The molecule has 2 aliphatic rings. The number of rotatable bonds is 0. The second-order valence-corrected chi connectivity index (χ2v) is 4.29. The van der Waals surface area contributed by atoms with Crippen LogP contribution in [0.4, 0.5) is 4.79 Å². The van der Waals surface area contributed by atoms with Crippen molar-refractivity contribution in [3.8, 4) is 0 Å². The first-order chi connectivity index (χ1) is 6.07. The molecule has 0 bridgehead atoms. The minimum atomic E-state index is -0.00984. The van der Waals surface area contributed by atoms with Crippen LogP contribution in [0.15, 0.2) is 0 Å². The molecule has 0 radical (unpaired) electrons. The number of nitrogens with zero attached hydrogens (tertiary/aromatic N) is 2. The van der Waals surface area contributed by atoms with Gasteiger partial charge in [0.2, 0.25) is 0 Å². The highest BCUT2D eigenvalue weighted by molar-refractivity contribution is 5.78. The number of amides is 2. The Hall–Kier alpha value is -0.770. The van der Waals surface area contributed by atoms with Crippen LogP contribution in [0.1, 0.15) is 13.3 Å². The van der Waals surface area contributed by atoms with E-state index in [1.54, 1.807) is 0 Å². The molecular formula is C9H17N3O. The topological polar surface area (TPSA) is 35.6 Å². The Morgan fingerprint density at radius 2 is 2.23 bits per heavy atom. The molecule has 0 aliphatic carbocycles. The Labute approximate surface area is 78.9 Å². The van der Waals surface area contributed by atoms with Crippen LogP contribution < -0.4 is 5.32 Å². The molecule has 2 fully saturated rings. The zero-order valence-corrected chi connectivity index (χ0v) is 8.50. The van der Waals surface area contributed by atoms with Gasteiger partial charge in [-0.15, -0.1) is 0 Å². The zero-order chi connectivity index (χ0) is 9.64. The fraction of sp³-hybridized carbons (Fsp3) is 0.889. The van der Waals surface area contributed by atoms with Crippen LogP contribution in [0.3, 0.4) is 0 Å². The Morgan fingerprint density at radius 1 is 1.54 bits per heavy atom. The molecule has 0 spiro atoms. The summed E-state index contributed by atoms with van der Waals surface area (Å²) in [5.41, 5.74) is -0.00984. The third-order valence-corrected chi connectivity index (χ3v) is 3.62. The van der Waals surface area contributed by atoms with Crippen molar-refractivity contribution in [1.82, 2.24) is 15.1 Å². The van der Waals surface area contributed by atoms with Crippen molar-refractivity contribution < 1.29 is 4.79 Å². The molecule has 2 heterocycles. The normalized spacial score (nSPS) is 39.6. The first kappa shape index (κ1) is 8.81. The van der Waals surface area contributed by atoms with Crippen LogP contribution in [0.5, 0.6) is 0 Å². The first-order valence-corrected chi connectivity index (χ1v) is 4.79. The van der Waals surface area contributed by atoms with Gasteiger partial charge in [-0.2, -0.15) is 0 Å². The average Bonchev–Trinajstić information content (AvgIpc) is 2.29. The van der Waals surface area contributed by atoms with E-state index in [9.17, 15) is 4.79 Å². The maximum atomic E-state index is 11.7. The van der Waals surface area contributed by atoms with Gasteiger partial charge in [0, 0.05) is 20.6 Å². The SMILES string of the molecule is CN1C(=O)N(C)C2(C)CNCCC12. The van der Waals surface area contributed by atoms with E-state index in [2.05, 4.69) is 12.2 Å². The largest absolute Gasteiger partial charge is 0.322 e. The number of carbonyl (C=O) groups excluding carboxylic acids is 1. The molecule has 2 rings (SSSR count). The van der Waals surface area contributed by atoms with Crippen LogP contribution in [-0.2, 0) is 0 Å². The number of fused-ring (bicyclic) bond motifs is 1. The zero-order valence-electron chi connectivity index (χ0n) is 8.50. The summed E-state index contributed by atoms with van der Waals surface area (Å²) in [6.45, 7) is 4.08. The molecule has 1 N–H and O–H groups in total. The van der Waals surface area contributed by atoms with Crippen LogP contribution in [-0.4, -0.2) is 54.6 Å². The summed E-state index contributed by atoms with van der Waals surface area (Å²) >= 11 is 0. The van der Waals surface area contributed by atoms with Crippen LogP contribution >= 0.6 is 0 Å². The number of hydrogen-bond acceptors (Lipinski definition) is 2. The van der Waals surface area contributed by atoms with Gasteiger partial charge in [0.05, 0.1) is 11.6 Å². The van der Waals surface area contributed by atoms with E-state index in [4.69, 9.17) is 0 Å². The highest BCUT2D eigenvalue weighted by atomic mass is 16.2. The summed E-state index contributed by atoms with van der Waals surface area (Å²) in [7, 11) is 3.80. The molecule has 74 valence electrons. The van der Waals surface area contributed by atoms with Crippen molar-refractivity contribution in [2.24, 2.45) is 0 Å². The Morgan fingerprint density at radius 3 is 2.85 bits per heavy atom. The predicted molar refractivity (Wildman–Crippen MR) is 50.6 cm³/mol. The van der Waals surface area contributed by atoms with E-state index in [1.807, 2.05) is 23.9 Å². The first-order valence-electron chi connectivity index (χ1n) is 4.79. The number of hydrogen-bond donors (Lipinski definition) is 1. The fourth-order valence-electron chi connectivity index (χ4n) is 2.55. The molecule has 0 saturated carbocycles. The Balaban J connectivity index is 2.32. The van der Waals surface area contributed by atoms with Gasteiger partial charge in [0.1, 0.15) is 0 Å². The lowest BCUT2D eigenvalue weighted by atomic mass is 9.87. The third kappa shape index (κ3) is 0.981. The van der Waals surface area contributed by atoms with Gasteiger partial charge in [-0.1, -0.05) is 0 Å². The van der Waals surface area contributed by atoms with Crippen molar-refractivity contribution in [2.45, 2.75) is 24.9 Å². The monoisotopic (exact) mass is 183 g/mol. The van der Waals surface area contributed by atoms with Crippen molar-refractivity contribution in [3.05, 3.63) is 0 Å². The smallest absolute Gasteiger partial charge is 0.320 e. The molecule has 13 heavy (non-hydrogen) atoms. The minimum absolute atomic E-state index is 0.00984. The van der Waals surface area contributed by atoms with Gasteiger partial charge in [-0.05, 0) is 19.9 Å². The van der Waals surface area contributed by atoms with Crippen LogP contribution in [0.2, 0.25) is 0 Å². The Bertz CT molecular complexity index is 243. The van der Waals surface area contributed by atoms with Gasteiger partial charge in [0.25, 0.3) is 0 Å². The van der Waals surface area contributed by atoms with Crippen LogP contribution in [0, 0.1) is 0 Å². The summed E-state index contributed by atoms with van der Waals surface area (Å²) in [5.74, 6) is 0. The predicted octanol–water partition coefficient (Wildman–Crippen LogP) is 0.104. The number of likely N-dealkylation sites (N-methyl/N-ethyl adjacent to an activating group) is 2. The molecular weight excluding hydrogens is 166 g/mol. The molecule has 0 aromatic rings. The lowest BCUT2D eigenvalue weighted by Crippen LogP contribution is -2.58. The van der Waals surface area contributed by atoms with Gasteiger partial charge in [-0.25, -0.2) is 4.79 Å². The third-order valence-electron chi connectivity index (χ3n) is 3.62. The summed E-state index contributed by atoms with van der Waals surface area (Å²) in [6.07, 6.45) is 1.06. The van der Waals surface area contributed by atoms with E-state index < -0.39 is 0 Å². The summed E-state index contributed by atoms with van der Waals surface area (Å²) < 4.78 is 0. The highest BCUT2D eigenvalue weighted by Gasteiger charge is 2.51. The van der Waals surface area contributed by atoms with Gasteiger partial charge in [0.15, 0.2) is 0 Å². The van der Waals surface area contributed by atoms with Gasteiger partial charge < -0.3 is 15.1 Å². The van der Waals surface area contributed by atoms with E-state index in [1.165, 1.54) is 0 Å². The van der Waals surface area contributed by atoms with E-state index >= 15 is 0 Å². The molecule has 2 unspecified atom stereocenters. The van der Waals surface area contributed by atoms with Crippen molar-refractivity contribution in [1.29, 1.82) is 0 Å². The molecule has 2 amide bonds.